The Hall–Kier alpha value is -3.02. The number of anilines is 3. The number of carbonyl (C=O) groups excluding carboxylic acids is 2. The van der Waals surface area contributed by atoms with Gasteiger partial charge in [0.1, 0.15) is 5.75 Å². The van der Waals surface area contributed by atoms with Crippen molar-refractivity contribution in [3.05, 3.63) is 48.5 Å². The largest absolute Gasteiger partial charge is 0.494 e. The van der Waals surface area contributed by atoms with E-state index in [2.05, 4.69) is 17.6 Å². The fraction of sp³-hybridized carbons (Fsp3) is 0.391. The monoisotopic (exact) mass is 397 g/mol. The van der Waals surface area contributed by atoms with Crippen molar-refractivity contribution in [2.45, 2.75) is 39.5 Å². The lowest BCUT2D eigenvalue weighted by molar-refractivity contribution is -0.116. The van der Waals surface area contributed by atoms with E-state index in [1.807, 2.05) is 24.3 Å². The highest BCUT2D eigenvalue weighted by Crippen LogP contribution is 2.19. The van der Waals surface area contributed by atoms with Gasteiger partial charge in [0, 0.05) is 37.1 Å². The van der Waals surface area contributed by atoms with Gasteiger partial charge >= 0.3 is 0 Å². The number of ether oxygens (including phenoxy) is 1. The second kappa shape index (κ2) is 11.7. The molecule has 0 heterocycles. The number of unbranched alkanes of at least 4 members (excludes halogenated alkanes) is 3. The normalized spacial score (nSPS) is 10.3. The van der Waals surface area contributed by atoms with Crippen LogP contribution in [0.2, 0.25) is 0 Å². The molecule has 0 fully saturated rings. The van der Waals surface area contributed by atoms with E-state index >= 15 is 0 Å². The predicted molar refractivity (Wildman–Crippen MR) is 119 cm³/mol. The average molecular weight is 398 g/mol. The van der Waals surface area contributed by atoms with Gasteiger partial charge < -0.3 is 20.3 Å². The van der Waals surface area contributed by atoms with Gasteiger partial charge in [-0.2, -0.15) is 0 Å². The molecular formula is C23H31N3O3. The molecule has 2 amide bonds. The molecule has 0 atom stereocenters. The van der Waals surface area contributed by atoms with Gasteiger partial charge in [-0.05, 0) is 42.8 Å². The zero-order valence-electron chi connectivity index (χ0n) is 17.5. The van der Waals surface area contributed by atoms with Crippen molar-refractivity contribution in [3.8, 4) is 5.75 Å². The van der Waals surface area contributed by atoms with Crippen LogP contribution in [0.3, 0.4) is 0 Å². The summed E-state index contributed by atoms with van der Waals surface area (Å²) in [5.41, 5.74) is 2.30. The Balaban J connectivity index is 1.78. The molecule has 0 saturated carbocycles. The maximum absolute atomic E-state index is 12.2. The molecule has 29 heavy (non-hydrogen) atoms. The van der Waals surface area contributed by atoms with Gasteiger partial charge in [0.2, 0.25) is 11.8 Å². The Morgan fingerprint density at radius 1 is 1.00 bits per heavy atom. The highest BCUT2D eigenvalue weighted by atomic mass is 16.5. The molecule has 2 rings (SSSR count). The first-order chi connectivity index (χ1) is 14.0. The van der Waals surface area contributed by atoms with Gasteiger partial charge in [-0.3, -0.25) is 9.59 Å². The molecule has 156 valence electrons. The van der Waals surface area contributed by atoms with Crippen LogP contribution in [0, 0.1) is 0 Å². The zero-order valence-corrected chi connectivity index (χ0v) is 17.5. The quantitative estimate of drug-likeness (QED) is 0.540. The van der Waals surface area contributed by atoms with Gasteiger partial charge in [0.05, 0.1) is 13.2 Å². The molecule has 0 aliphatic carbocycles. The van der Waals surface area contributed by atoms with Crippen molar-refractivity contribution < 1.29 is 14.3 Å². The lowest BCUT2D eigenvalue weighted by Crippen LogP contribution is -2.23. The molecule has 0 bridgehead atoms. The minimum atomic E-state index is -0.149. The Labute approximate surface area is 173 Å². The van der Waals surface area contributed by atoms with E-state index in [-0.39, 0.29) is 18.4 Å². The lowest BCUT2D eigenvalue weighted by Gasteiger charge is -2.15. The second-order valence-corrected chi connectivity index (χ2v) is 6.96. The van der Waals surface area contributed by atoms with Crippen molar-refractivity contribution in [2.24, 2.45) is 0 Å². The van der Waals surface area contributed by atoms with Gasteiger partial charge in [-0.15, -0.1) is 0 Å². The number of amides is 2. The molecule has 0 aliphatic rings. The summed E-state index contributed by atoms with van der Waals surface area (Å²) in [7, 11) is 1.71. The van der Waals surface area contributed by atoms with Crippen LogP contribution in [0.5, 0.6) is 5.75 Å². The van der Waals surface area contributed by atoms with Gasteiger partial charge in [-0.25, -0.2) is 0 Å². The summed E-state index contributed by atoms with van der Waals surface area (Å²) < 4.78 is 5.77. The second-order valence-electron chi connectivity index (χ2n) is 6.96. The molecule has 0 unspecified atom stereocenters. The standard InChI is InChI=1S/C23H31N3O3/c1-4-5-6-7-15-29-22-10-8-9-20(16-22)24-17-23(28)25-19-11-13-21(14-12-19)26(3)18(2)27/h8-14,16,24H,4-7,15,17H2,1-3H3,(H,25,28). The molecule has 2 N–H and O–H groups in total. The van der Waals surface area contributed by atoms with Gasteiger partial charge in [-0.1, -0.05) is 32.3 Å². The Morgan fingerprint density at radius 3 is 2.45 bits per heavy atom. The molecule has 2 aromatic carbocycles. The van der Waals surface area contributed by atoms with E-state index in [1.54, 1.807) is 36.2 Å². The molecule has 0 aliphatic heterocycles. The van der Waals surface area contributed by atoms with Crippen molar-refractivity contribution in [1.29, 1.82) is 0 Å². The maximum atomic E-state index is 12.2. The lowest BCUT2D eigenvalue weighted by atomic mass is 10.2. The summed E-state index contributed by atoms with van der Waals surface area (Å²) in [5.74, 6) is 0.610. The Kier molecular flexibility index (Phi) is 9.02. The highest BCUT2D eigenvalue weighted by molar-refractivity contribution is 5.95. The molecule has 0 radical (unpaired) electrons. The van der Waals surface area contributed by atoms with Crippen LogP contribution in [0.4, 0.5) is 17.1 Å². The Morgan fingerprint density at radius 2 is 1.76 bits per heavy atom. The zero-order chi connectivity index (χ0) is 21.1. The van der Waals surface area contributed by atoms with Crippen LogP contribution in [0.1, 0.15) is 39.5 Å². The summed E-state index contributed by atoms with van der Waals surface area (Å²) in [6, 6.07) is 14.8. The van der Waals surface area contributed by atoms with Crippen molar-refractivity contribution in [3.63, 3.8) is 0 Å². The first-order valence-electron chi connectivity index (χ1n) is 10.1. The predicted octanol–water partition coefficient (Wildman–Crippen LogP) is 4.68. The molecule has 6 heteroatoms. The van der Waals surface area contributed by atoms with E-state index in [0.717, 1.165) is 23.5 Å². The first kappa shape index (κ1) is 22.3. The van der Waals surface area contributed by atoms with Gasteiger partial charge in [0.15, 0.2) is 0 Å². The molecular weight excluding hydrogens is 366 g/mol. The number of nitrogens with zero attached hydrogens (tertiary/aromatic N) is 1. The van der Waals surface area contributed by atoms with Crippen LogP contribution in [-0.2, 0) is 9.59 Å². The van der Waals surface area contributed by atoms with E-state index in [9.17, 15) is 9.59 Å². The third-order valence-electron chi connectivity index (χ3n) is 4.56. The van der Waals surface area contributed by atoms with E-state index in [0.29, 0.717) is 12.3 Å². The number of rotatable bonds is 11. The van der Waals surface area contributed by atoms with Crippen molar-refractivity contribution >= 4 is 28.9 Å². The highest BCUT2D eigenvalue weighted by Gasteiger charge is 2.07. The van der Waals surface area contributed by atoms with Crippen LogP contribution in [0.25, 0.3) is 0 Å². The minimum absolute atomic E-state index is 0.0434. The number of hydrogen-bond donors (Lipinski definition) is 2. The number of nitrogens with one attached hydrogen (secondary N) is 2. The van der Waals surface area contributed by atoms with Crippen LogP contribution in [0.15, 0.2) is 48.5 Å². The molecule has 2 aromatic rings. The fourth-order valence-electron chi connectivity index (χ4n) is 2.75. The van der Waals surface area contributed by atoms with Crippen LogP contribution >= 0.6 is 0 Å². The first-order valence-corrected chi connectivity index (χ1v) is 10.1. The minimum Gasteiger partial charge on any atom is -0.494 e. The SMILES string of the molecule is CCCCCCOc1cccc(NCC(=O)Nc2ccc(N(C)C(C)=O)cc2)c1. The Bertz CT molecular complexity index is 790. The number of carbonyl (C=O) groups is 2. The third-order valence-corrected chi connectivity index (χ3v) is 4.56. The maximum Gasteiger partial charge on any atom is 0.243 e. The molecule has 0 aromatic heterocycles. The van der Waals surface area contributed by atoms with Crippen LogP contribution < -0.4 is 20.3 Å². The average Bonchev–Trinajstić information content (AvgIpc) is 2.72. The van der Waals surface area contributed by atoms with Crippen LogP contribution in [-0.4, -0.2) is 32.0 Å². The fourth-order valence-corrected chi connectivity index (χ4v) is 2.75. The number of benzene rings is 2. The summed E-state index contributed by atoms with van der Waals surface area (Å²) in [6.07, 6.45) is 4.67. The van der Waals surface area contributed by atoms with Crippen molar-refractivity contribution in [1.82, 2.24) is 0 Å². The van der Waals surface area contributed by atoms with E-state index < -0.39 is 0 Å². The summed E-state index contributed by atoms with van der Waals surface area (Å²) in [5, 5.41) is 5.96. The van der Waals surface area contributed by atoms with Gasteiger partial charge in [0.25, 0.3) is 0 Å². The van der Waals surface area contributed by atoms with E-state index in [1.165, 1.54) is 26.2 Å². The molecule has 0 spiro atoms. The van der Waals surface area contributed by atoms with E-state index in [4.69, 9.17) is 4.74 Å². The third kappa shape index (κ3) is 7.86. The summed E-state index contributed by atoms with van der Waals surface area (Å²) in [4.78, 5) is 25.1. The molecule has 6 nitrogen and oxygen atoms in total. The molecule has 0 saturated heterocycles. The summed E-state index contributed by atoms with van der Waals surface area (Å²) in [6.45, 7) is 4.55. The number of hydrogen-bond acceptors (Lipinski definition) is 4. The summed E-state index contributed by atoms with van der Waals surface area (Å²) >= 11 is 0. The van der Waals surface area contributed by atoms with Crippen molar-refractivity contribution in [2.75, 3.05) is 35.7 Å². The smallest absolute Gasteiger partial charge is 0.243 e. The topological polar surface area (TPSA) is 70.7 Å².